The van der Waals surface area contributed by atoms with Crippen LogP contribution in [-0.2, 0) is 17.0 Å². The second-order valence-corrected chi connectivity index (χ2v) is 12.2. The Morgan fingerprint density at radius 2 is 1.56 bits per heavy atom. The maximum atomic E-state index is 13.8. The summed E-state index contributed by atoms with van der Waals surface area (Å²) in [6.07, 6.45) is -13.7. The number of carbonyl (C=O) groups excluding carboxylic acids is 1. The molecule has 0 heterocycles. The summed E-state index contributed by atoms with van der Waals surface area (Å²) < 4.78 is 132. The second kappa shape index (κ2) is 13.1. The summed E-state index contributed by atoms with van der Waals surface area (Å²) in [4.78, 5) is 12.6. The van der Waals surface area contributed by atoms with Gasteiger partial charge in [-0.05, 0) is 67.1 Å². The van der Waals surface area contributed by atoms with Crippen molar-refractivity contribution in [3.05, 3.63) is 72.6 Å². The monoisotopic (exact) mass is 734 g/mol. The number of hydrogen-bond donors (Lipinski definition) is 0. The van der Waals surface area contributed by atoms with Crippen molar-refractivity contribution in [3.8, 4) is 0 Å². The lowest BCUT2D eigenvalue weighted by Gasteiger charge is -2.19. The molecule has 3 atom stereocenters. The molecule has 2 aromatic rings. The summed E-state index contributed by atoms with van der Waals surface area (Å²) in [5.74, 6) is -6.35. The van der Waals surface area contributed by atoms with Crippen LogP contribution in [0.25, 0.3) is 6.08 Å². The number of allylic oxidation sites excluding steroid dienone is 1. The molecule has 0 amide bonds. The first-order valence-corrected chi connectivity index (χ1v) is 14.2. The van der Waals surface area contributed by atoms with E-state index < -0.39 is 76.0 Å². The zero-order valence-electron chi connectivity index (χ0n) is 19.6. The van der Waals surface area contributed by atoms with Gasteiger partial charge in [0.2, 0.25) is 0 Å². The lowest BCUT2D eigenvalue weighted by atomic mass is 9.93. The van der Waals surface area contributed by atoms with Crippen LogP contribution >= 0.6 is 43.5 Å². The highest BCUT2D eigenvalue weighted by Crippen LogP contribution is 2.41. The summed E-state index contributed by atoms with van der Waals surface area (Å²) >= 11 is 12.0. The molecular weight excluding hydrogens is 719 g/mol. The average molecular weight is 737 g/mol. The smallest absolute Gasteiger partial charge is 0.294 e. The van der Waals surface area contributed by atoms with Gasteiger partial charge < -0.3 is 0 Å². The normalized spacial score (nSPS) is 15.4. The Kier molecular flexibility index (Phi) is 11.3. The van der Waals surface area contributed by atoms with E-state index in [0.717, 1.165) is 30.3 Å². The number of halogens is 12. The Balaban J connectivity index is 2.36. The predicted molar refractivity (Wildman–Crippen MR) is 138 cm³/mol. The summed E-state index contributed by atoms with van der Waals surface area (Å²) in [7, 11) is -2.37. The lowest BCUT2D eigenvalue weighted by molar-refractivity contribution is -0.139. The summed E-state index contributed by atoms with van der Waals surface area (Å²) in [5.41, 5.74) is -2.74. The largest absolute Gasteiger partial charge is 0.417 e. The molecule has 0 aliphatic heterocycles. The number of carbonyl (C=O) groups is 1. The van der Waals surface area contributed by atoms with Crippen LogP contribution < -0.4 is 0 Å². The third-order valence-electron chi connectivity index (χ3n) is 5.18. The summed E-state index contributed by atoms with van der Waals surface area (Å²) in [5, 5.41) is 0.125. The SMILES string of the molecule is C[C@@H](CC(=O)c1ccc(/C=C/C(c2cc(Br)c(Cl)c(Br)c2)C(F)(F)F)cc1C(F)(F)F)CS(=O)CC(F)(F)F. The standard InChI is InChI=1S/C24H18Br2ClF9O2S/c1-12(10-39(38)11-22(28,29)30)6-20(37)15-4-2-13(7-17(15)24(34,35)36)3-5-16(23(31,32)33)14-8-18(25)21(27)19(26)9-14/h2-5,7-9,12,16H,6,10-11H2,1H3/b5-3+/t12-,16?,39?/m0/s1. The van der Waals surface area contributed by atoms with E-state index in [9.17, 15) is 48.5 Å². The Hall–Kier alpha value is -1.38. The molecule has 0 aliphatic rings. The molecule has 0 bridgehead atoms. The average Bonchev–Trinajstić information content (AvgIpc) is 2.74. The van der Waals surface area contributed by atoms with Gasteiger partial charge in [-0.3, -0.25) is 9.00 Å². The predicted octanol–water partition coefficient (Wildman–Crippen LogP) is 9.76. The fourth-order valence-electron chi connectivity index (χ4n) is 3.56. The highest BCUT2D eigenvalue weighted by atomic mass is 79.9. The van der Waals surface area contributed by atoms with Crippen LogP contribution in [0.5, 0.6) is 0 Å². The molecule has 39 heavy (non-hydrogen) atoms. The fourth-order valence-corrected chi connectivity index (χ4v) is 6.13. The van der Waals surface area contributed by atoms with E-state index >= 15 is 0 Å². The Morgan fingerprint density at radius 1 is 1.00 bits per heavy atom. The first-order valence-electron chi connectivity index (χ1n) is 10.7. The molecule has 2 aromatic carbocycles. The molecule has 0 radical (unpaired) electrons. The summed E-state index contributed by atoms with van der Waals surface area (Å²) in [6.45, 7) is 1.28. The number of rotatable bonds is 9. The molecular formula is C24H18Br2ClF9O2S. The van der Waals surface area contributed by atoms with Gasteiger partial charge in [-0.25, -0.2) is 0 Å². The van der Waals surface area contributed by atoms with Crippen LogP contribution in [0, 0.1) is 5.92 Å². The van der Waals surface area contributed by atoms with Crippen LogP contribution in [0.1, 0.15) is 46.3 Å². The van der Waals surface area contributed by atoms with Crippen LogP contribution in [0.3, 0.4) is 0 Å². The molecule has 0 saturated carbocycles. The van der Waals surface area contributed by atoms with Gasteiger partial charge in [-0.1, -0.05) is 42.8 Å². The number of benzene rings is 2. The van der Waals surface area contributed by atoms with Gasteiger partial charge in [-0.2, -0.15) is 39.5 Å². The molecule has 0 aliphatic carbocycles. The third-order valence-corrected chi connectivity index (χ3v) is 8.88. The van der Waals surface area contributed by atoms with Gasteiger partial charge in [0, 0.05) is 37.5 Å². The zero-order chi connectivity index (χ0) is 29.9. The van der Waals surface area contributed by atoms with Gasteiger partial charge in [-0.15, -0.1) is 0 Å². The van der Waals surface area contributed by atoms with Crippen molar-refractivity contribution in [2.24, 2.45) is 5.92 Å². The maximum Gasteiger partial charge on any atom is 0.417 e. The molecule has 0 saturated heterocycles. The molecule has 2 unspecified atom stereocenters. The molecule has 216 valence electrons. The van der Waals surface area contributed by atoms with E-state index in [4.69, 9.17) is 11.6 Å². The van der Waals surface area contributed by atoms with Crippen LogP contribution in [0.4, 0.5) is 39.5 Å². The van der Waals surface area contributed by atoms with Crippen molar-refractivity contribution >= 4 is 66.1 Å². The molecule has 2 nitrogen and oxygen atoms in total. The Morgan fingerprint density at radius 3 is 2.05 bits per heavy atom. The van der Waals surface area contributed by atoms with E-state index in [0.29, 0.717) is 12.1 Å². The number of hydrogen-bond acceptors (Lipinski definition) is 2. The third kappa shape index (κ3) is 10.2. The van der Waals surface area contributed by atoms with E-state index in [2.05, 4.69) is 31.9 Å². The van der Waals surface area contributed by atoms with Gasteiger partial charge >= 0.3 is 18.5 Å². The molecule has 15 heteroatoms. The number of ketones is 1. The van der Waals surface area contributed by atoms with Crippen molar-refractivity contribution in [2.45, 2.75) is 37.8 Å². The highest BCUT2D eigenvalue weighted by molar-refractivity contribution is 9.11. The number of alkyl halides is 9. The van der Waals surface area contributed by atoms with Crippen molar-refractivity contribution in [1.29, 1.82) is 0 Å². The maximum absolute atomic E-state index is 13.8. The van der Waals surface area contributed by atoms with Gasteiger partial charge in [0.25, 0.3) is 0 Å². The Bertz CT molecular complexity index is 1230. The van der Waals surface area contributed by atoms with Crippen molar-refractivity contribution in [2.75, 3.05) is 11.5 Å². The Labute approximate surface area is 241 Å². The van der Waals surface area contributed by atoms with E-state index in [1.54, 1.807) is 0 Å². The van der Waals surface area contributed by atoms with Crippen molar-refractivity contribution < 1.29 is 48.5 Å². The van der Waals surface area contributed by atoms with Crippen LogP contribution in [-0.4, -0.2) is 33.9 Å². The van der Waals surface area contributed by atoms with Crippen molar-refractivity contribution in [3.63, 3.8) is 0 Å². The highest BCUT2D eigenvalue weighted by Gasteiger charge is 2.40. The number of Topliss-reactive ketones (excluding diaryl/α,β-unsaturated/α-hetero) is 1. The second-order valence-electron chi connectivity index (χ2n) is 8.58. The van der Waals surface area contributed by atoms with E-state index in [1.807, 2.05) is 0 Å². The quantitative estimate of drug-likeness (QED) is 0.146. The zero-order valence-corrected chi connectivity index (χ0v) is 24.3. The molecule has 0 N–H and O–H groups in total. The molecule has 0 aromatic heterocycles. The van der Waals surface area contributed by atoms with E-state index in [-0.39, 0.29) is 25.1 Å². The summed E-state index contributed by atoms with van der Waals surface area (Å²) in [6, 6.07) is 4.58. The van der Waals surface area contributed by atoms with Crippen molar-refractivity contribution in [1.82, 2.24) is 0 Å². The first kappa shape index (κ1) is 33.8. The van der Waals surface area contributed by atoms with E-state index in [1.165, 1.54) is 6.92 Å². The van der Waals surface area contributed by atoms with Crippen LogP contribution in [0.15, 0.2) is 45.4 Å². The molecule has 2 rings (SSSR count). The first-order chi connectivity index (χ1) is 17.7. The van der Waals surface area contributed by atoms with Gasteiger partial charge in [0.1, 0.15) is 5.75 Å². The van der Waals surface area contributed by atoms with Gasteiger partial charge in [0.15, 0.2) is 5.78 Å². The minimum Gasteiger partial charge on any atom is -0.294 e. The minimum absolute atomic E-state index is 0.125. The molecule has 0 spiro atoms. The topological polar surface area (TPSA) is 34.1 Å². The van der Waals surface area contributed by atoms with Crippen LogP contribution in [0.2, 0.25) is 5.02 Å². The lowest BCUT2D eigenvalue weighted by Crippen LogP contribution is -2.24. The minimum atomic E-state index is -5.06. The molecule has 0 fully saturated rings. The van der Waals surface area contributed by atoms with Gasteiger partial charge in [0.05, 0.1) is 16.5 Å². The fraction of sp³-hybridized carbons (Fsp3) is 0.375.